The fraction of sp³-hybridized carbons (Fsp3) is 0.462. The Labute approximate surface area is 118 Å². The van der Waals surface area contributed by atoms with E-state index in [1.807, 2.05) is 12.1 Å². The Kier molecular flexibility index (Phi) is 3.94. The summed E-state index contributed by atoms with van der Waals surface area (Å²) in [5.74, 6) is 0. The Morgan fingerprint density at radius 3 is 3.06 bits per heavy atom. The summed E-state index contributed by atoms with van der Waals surface area (Å²) in [7, 11) is 0. The van der Waals surface area contributed by atoms with Crippen LogP contribution in [0, 0.1) is 0 Å². The highest BCUT2D eigenvalue weighted by Gasteiger charge is 2.24. The van der Waals surface area contributed by atoms with Gasteiger partial charge in [0.2, 0.25) is 0 Å². The molecule has 1 fully saturated rings. The Morgan fingerprint density at radius 1 is 1.39 bits per heavy atom. The molecule has 0 bridgehead atoms. The lowest BCUT2D eigenvalue weighted by Crippen LogP contribution is -2.36. The molecule has 3 nitrogen and oxygen atoms in total. The number of ether oxygens (including phenoxy) is 2. The molecule has 1 aromatic heterocycles. The van der Waals surface area contributed by atoms with Crippen molar-refractivity contribution in [2.45, 2.75) is 17.4 Å². The van der Waals surface area contributed by atoms with Gasteiger partial charge in [0.15, 0.2) is 0 Å². The lowest BCUT2D eigenvalue weighted by atomic mass is 10.2. The summed E-state index contributed by atoms with van der Waals surface area (Å²) in [6.45, 7) is 2.06. The van der Waals surface area contributed by atoms with Crippen LogP contribution in [0.1, 0.15) is 5.01 Å². The minimum Gasteiger partial charge on any atom is -0.376 e. The van der Waals surface area contributed by atoms with Gasteiger partial charge in [0.05, 0.1) is 41.1 Å². The van der Waals surface area contributed by atoms with Gasteiger partial charge in [-0.15, -0.1) is 11.3 Å². The van der Waals surface area contributed by atoms with Gasteiger partial charge in [0.1, 0.15) is 0 Å². The van der Waals surface area contributed by atoms with E-state index in [0.717, 1.165) is 16.9 Å². The highest BCUT2D eigenvalue weighted by atomic mass is 79.9. The van der Waals surface area contributed by atoms with Crippen molar-refractivity contribution >= 4 is 37.5 Å². The van der Waals surface area contributed by atoms with Crippen LogP contribution in [-0.2, 0) is 15.9 Å². The molecule has 3 rings (SSSR count). The van der Waals surface area contributed by atoms with Gasteiger partial charge in [-0.3, -0.25) is 0 Å². The molecule has 96 valence electrons. The molecule has 5 heteroatoms. The lowest BCUT2D eigenvalue weighted by Gasteiger charge is -2.26. The number of hydrogen-bond acceptors (Lipinski definition) is 4. The zero-order valence-electron chi connectivity index (χ0n) is 9.84. The van der Waals surface area contributed by atoms with E-state index in [0.29, 0.717) is 19.8 Å². The molecule has 1 aliphatic heterocycles. The average molecular weight is 328 g/mol. The molecule has 18 heavy (non-hydrogen) atoms. The molecule has 0 aliphatic carbocycles. The number of aromatic nitrogens is 1. The van der Waals surface area contributed by atoms with Crippen molar-refractivity contribution in [2.75, 3.05) is 19.8 Å². The van der Waals surface area contributed by atoms with Crippen molar-refractivity contribution in [1.29, 1.82) is 0 Å². The van der Waals surface area contributed by atoms with E-state index in [2.05, 4.69) is 33.0 Å². The number of nitrogens with zero attached hydrogens (tertiary/aromatic N) is 1. The van der Waals surface area contributed by atoms with E-state index < -0.39 is 0 Å². The third-order valence-corrected chi connectivity index (χ3v) is 4.93. The second kappa shape index (κ2) is 5.65. The normalized spacial score (nSPS) is 22.2. The van der Waals surface area contributed by atoms with Crippen molar-refractivity contribution in [2.24, 2.45) is 0 Å². The summed E-state index contributed by atoms with van der Waals surface area (Å²) < 4.78 is 12.4. The van der Waals surface area contributed by atoms with Crippen LogP contribution in [0.5, 0.6) is 0 Å². The van der Waals surface area contributed by atoms with Gasteiger partial charge < -0.3 is 9.47 Å². The summed E-state index contributed by atoms with van der Waals surface area (Å²) in [5, 5.41) is 1.15. The Hall–Kier alpha value is -0.490. The molecular weight excluding hydrogens is 314 g/mol. The first-order valence-electron chi connectivity index (χ1n) is 6.01. The quantitative estimate of drug-likeness (QED) is 0.812. The van der Waals surface area contributed by atoms with Gasteiger partial charge in [-0.25, -0.2) is 4.98 Å². The summed E-state index contributed by atoms with van der Waals surface area (Å²) in [4.78, 5) is 4.90. The topological polar surface area (TPSA) is 31.4 Å². The fourth-order valence-electron chi connectivity index (χ4n) is 2.02. The van der Waals surface area contributed by atoms with Crippen LogP contribution in [0.25, 0.3) is 10.2 Å². The fourth-order valence-corrected chi connectivity index (χ4v) is 3.87. The van der Waals surface area contributed by atoms with Crippen LogP contribution in [0.3, 0.4) is 0 Å². The largest absolute Gasteiger partial charge is 0.376 e. The minimum atomic E-state index is 0.130. The first-order valence-corrected chi connectivity index (χ1v) is 7.74. The molecule has 0 N–H and O–H groups in total. The predicted octanol–water partition coefficient (Wildman–Crippen LogP) is 3.02. The minimum absolute atomic E-state index is 0.130. The van der Waals surface area contributed by atoms with Crippen molar-refractivity contribution in [3.63, 3.8) is 0 Å². The molecule has 0 radical (unpaired) electrons. The zero-order valence-corrected chi connectivity index (χ0v) is 12.2. The van der Waals surface area contributed by atoms with Gasteiger partial charge in [-0.05, 0) is 12.1 Å². The van der Waals surface area contributed by atoms with E-state index in [9.17, 15) is 0 Å². The molecule has 1 aromatic carbocycles. The molecule has 0 spiro atoms. The Morgan fingerprint density at radius 2 is 2.28 bits per heavy atom. The molecular formula is C13H14BrNO2S. The van der Waals surface area contributed by atoms with Crippen LogP contribution < -0.4 is 0 Å². The van der Waals surface area contributed by atoms with Crippen molar-refractivity contribution in [1.82, 2.24) is 4.98 Å². The SMILES string of the molecule is BrC(Cc1nc2ccccc2s1)C1COCCO1. The Balaban J connectivity index is 1.71. The van der Waals surface area contributed by atoms with Crippen LogP contribution in [0.4, 0.5) is 0 Å². The maximum atomic E-state index is 5.69. The smallest absolute Gasteiger partial charge is 0.0950 e. The molecule has 0 saturated carbocycles. The summed E-state index contributed by atoms with van der Waals surface area (Å²) in [5.41, 5.74) is 1.08. The number of hydrogen-bond donors (Lipinski definition) is 0. The standard InChI is InChI=1S/C13H14BrNO2S/c14-9(11-8-16-5-6-17-11)7-13-15-10-3-1-2-4-12(10)18-13/h1-4,9,11H,5-8H2. The van der Waals surface area contributed by atoms with Gasteiger partial charge in [0.25, 0.3) is 0 Å². The molecule has 1 saturated heterocycles. The number of rotatable bonds is 3. The predicted molar refractivity (Wildman–Crippen MR) is 76.6 cm³/mol. The number of fused-ring (bicyclic) bond motifs is 1. The number of benzene rings is 1. The summed E-state index contributed by atoms with van der Waals surface area (Å²) >= 11 is 5.45. The lowest BCUT2D eigenvalue weighted by molar-refractivity contribution is -0.0871. The first kappa shape index (κ1) is 12.5. The van der Waals surface area contributed by atoms with Crippen molar-refractivity contribution in [3.05, 3.63) is 29.3 Å². The van der Waals surface area contributed by atoms with E-state index >= 15 is 0 Å². The maximum absolute atomic E-state index is 5.69. The van der Waals surface area contributed by atoms with Gasteiger partial charge in [0, 0.05) is 11.2 Å². The van der Waals surface area contributed by atoms with Gasteiger partial charge in [-0.2, -0.15) is 0 Å². The van der Waals surface area contributed by atoms with Gasteiger partial charge in [-0.1, -0.05) is 28.1 Å². The Bertz CT molecular complexity index is 491. The van der Waals surface area contributed by atoms with Crippen LogP contribution >= 0.6 is 27.3 Å². The van der Waals surface area contributed by atoms with E-state index in [4.69, 9.17) is 9.47 Å². The second-order valence-electron chi connectivity index (χ2n) is 4.28. The van der Waals surface area contributed by atoms with Crippen LogP contribution in [-0.4, -0.2) is 35.7 Å². The molecule has 2 atom stereocenters. The van der Waals surface area contributed by atoms with Crippen molar-refractivity contribution < 1.29 is 9.47 Å². The second-order valence-corrected chi connectivity index (χ2v) is 6.57. The molecule has 2 aromatic rings. The first-order chi connectivity index (χ1) is 8.83. The summed E-state index contributed by atoms with van der Waals surface area (Å²) in [6.07, 6.45) is 1.01. The van der Waals surface area contributed by atoms with E-state index in [-0.39, 0.29) is 10.9 Å². The highest BCUT2D eigenvalue weighted by Crippen LogP contribution is 2.25. The number of para-hydroxylation sites is 1. The van der Waals surface area contributed by atoms with Crippen LogP contribution in [0.2, 0.25) is 0 Å². The number of halogens is 1. The third kappa shape index (κ3) is 2.74. The molecule has 0 amide bonds. The number of alkyl halides is 1. The van der Waals surface area contributed by atoms with E-state index in [1.54, 1.807) is 11.3 Å². The molecule has 2 unspecified atom stereocenters. The molecule has 1 aliphatic rings. The van der Waals surface area contributed by atoms with Crippen molar-refractivity contribution in [3.8, 4) is 0 Å². The number of thiazole rings is 1. The van der Waals surface area contributed by atoms with Gasteiger partial charge >= 0.3 is 0 Å². The van der Waals surface area contributed by atoms with E-state index in [1.165, 1.54) is 4.70 Å². The van der Waals surface area contributed by atoms with Crippen LogP contribution in [0.15, 0.2) is 24.3 Å². The monoisotopic (exact) mass is 327 g/mol. The average Bonchev–Trinajstić information content (AvgIpc) is 2.82. The highest BCUT2D eigenvalue weighted by molar-refractivity contribution is 9.09. The molecule has 2 heterocycles. The third-order valence-electron chi connectivity index (χ3n) is 2.95. The maximum Gasteiger partial charge on any atom is 0.0950 e. The zero-order chi connectivity index (χ0) is 12.4. The summed E-state index contributed by atoms with van der Waals surface area (Å²) in [6, 6.07) is 8.24.